The van der Waals surface area contributed by atoms with Gasteiger partial charge in [-0.05, 0) is 25.3 Å². The number of carbonyl (C=O) groups excluding carboxylic acids is 1. The Kier molecular flexibility index (Phi) is 3.70. The van der Waals surface area contributed by atoms with Crippen molar-refractivity contribution in [2.75, 3.05) is 0 Å². The molecule has 4 heteroatoms. The van der Waals surface area contributed by atoms with Crippen LogP contribution in [0, 0.1) is 5.41 Å². The number of hydrogen-bond acceptors (Lipinski definition) is 1. The lowest BCUT2D eigenvalue weighted by Gasteiger charge is -2.27. The summed E-state index contributed by atoms with van der Waals surface area (Å²) in [6.45, 7) is 1.89. The Bertz CT molecular complexity index is 471. The van der Waals surface area contributed by atoms with Crippen LogP contribution in [0.15, 0.2) is 24.3 Å². The van der Waals surface area contributed by atoms with Crippen molar-refractivity contribution in [3.05, 3.63) is 35.4 Å². The molecule has 1 saturated carbocycles. The van der Waals surface area contributed by atoms with Crippen molar-refractivity contribution in [3.63, 3.8) is 0 Å². The average molecular weight is 270 g/mol. The second-order valence-corrected chi connectivity index (χ2v) is 5.21. The summed E-state index contributed by atoms with van der Waals surface area (Å²) < 4.78 is 38.9. The van der Waals surface area contributed by atoms with Gasteiger partial charge in [0, 0.05) is 11.0 Å². The predicted octanol–water partition coefficient (Wildman–Crippen LogP) is 4.86. The summed E-state index contributed by atoms with van der Waals surface area (Å²) in [4.78, 5) is 12.6. The second-order valence-electron chi connectivity index (χ2n) is 5.21. The van der Waals surface area contributed by atoms with Crippen LogP contribution in [0.3, 0.4) is 0 Å². The van der Waals surface area contributed by atoms with Crippen LogP contribution in [0.1, 0.15) is 54.9 Å². The molecule has 0 aliphatic heterocycles. The molecule has 1 fully saturated rings. The third-order valence-electron chi connectivity index (χ3n) is 4.20. The van der Waals surface area contributed by atoms with E-state index < -0.39 is 17.2 Å². The number of benzene rings is 1. The summed E-state index contributed by atoms with van der Waals surface area (Å²) in [5.41, 5.74) is -1.56. The first-order chi connectivity index (χ1) is 8.91. The van der Waals surface area contributed by atoms with Gasteiger partial charge in [-0.2, -0.15) is 13.2 Å². The molecule has 1 nitrogen and oxygen atoms in total. The molecular weight excluding hydrogens is 253 g/mol. The standard InChI is InChI=1S/C15H17F3O/c1-2-14(9-5-6-10-14)13(19)11-7-3-4-8-12(11)15(16,17)18/h3-4,7-8H,2,5-6,9-10H2,1H3. The van der Waals surface area contributed by atoms with Crippen molar-refractivity contribution in [3.8, 4) is 0 Å². The van der Waals surface area contributed by atoms with Crippen LogP contribution in [0.5, 0.6) is 0 Å². The van der Waals surface area contributed by atoms with E-state index in [-0.39, 0.29) is 11.3 Å². The summed E-state index contributed by atoms with van der Waals surface area (Å²) in [6.07, 6.45) is -0.609. The van der Waals surface area contributed by atoms with Crippen LogP contribution >= 0.6 is 0 Å². The fourth-order valence-corrected chi connectivity index (χ4v) is 3.01. The molecule has 0 aromatic heterocycles. The highest BCUT2D eigenvalue weighted by Crippen LogP contribution is 2.45. The molecule has 0 N–H and O–H groups in total. The van der Waals surface area contributed by atoms with Crippen molar-refractivity contribution < 1.29 is 18.0 Å². The normalized spacial score (nSPS) is 18.5. The largest absolute Gasteiger partial charge is 0.417 e. The number of ketones is 1. The molecule has 0 bridgehead atoms. The summed E-state index contributed by atoms with van der Waals surface area (Å²) in [5, 5.41) is 0. The van der Waals surface area contributed by atoms with Gasteiger partial charge in [-0.15, -0.1) is 0 Å². The number of alkyl halides is 3. The second kappa shape index (κ2) is 4.99. The van der Waals surface area contributed by atoms with Crippen LogP contribution in [-0.2, 0) is 6.18 Å². The molecule has 1 aliphatic rings. The van der Waals surface area contributed by atoms with E-state index in [1.807, 2.05) is 6.92 Å². The molecule has 104 valence electrons. The molecular formula is C15H17F3O. The Morgan fingerprint density at radius 1 is 1.21 bits per heavy atom. The zero-order valence-electron chi connectivity index (χ0n) is 10.9. The van der Waals surface area contributed by atoms with Gasteiger partial charge in [0.05, 0.1) is 5.56 Å². The number of Topliss-reactive ketones (excluding diaryl/α,β-unsaturated/α-hetero) is 1. The van der Waals surface area contributed by atoms with E-state index in [2.05, 4.69) is 0 Å². The molecule has 0 heterocycles. The number of rotatable bonds is 3. The van der Waals surface area contributed by atoms with E-state index >= 15 is 0 Å². The van der Waals surface area contributed by atoms with Crippen LogP contribution < -0.4 is 0 Å². The predicted molar refractivity (Wildman–Crippen MR) is 67.0 cm³/mol. The van der Waals surface area contributed by atoms with Crippen molar-refractivity contribution >= 4 is 5.78 Å². The van der Waals surface area contributed by atoms with Gasteiger partial charge < -0.3 is 0 Å². The van der Waals surface area contributed by atoms with Crippen LogP contribution in [0.4, 0.5) is 13.2 Å². The zero-order chi connectivity index (χ0) is 14.1. The van der Waals surface area contributed by atoms with Crippen LogP contribution in [-0.4, -0.2) is 5.78 Å². The van der Waals surface area contributed by atoms with Gasteiger partial charge in [-0.3, -0.25) is 4.79 Å². The first kappa shape index (κ1) is 14.1. The molecule has 2 rings (SSSR count). The van der Waals surface area contributed by atoms with Crippen LogP contribution in [0.25, 0.3) is 0 Å². The van der Waals surface area contributed by atoms with E-state index in [0.717, 1.165) is 18.9 Å². The molecule has 0 atom stereocenters. The van der Waals surface area contributed by atoms with Gasteiger partial charge in [0.25, 0.3) is 0 Å². The van der Waals surface area contributed by atoms with E-state index in [1.165, 1.54) is 18.2 Å². The van der Waals surface area contributed by atoms with Gasteiger partial charge in [0.2, 0.25) is 0 Å². The van der Waals surface area contributed by atoms with Crippen molar-refractivity contribution in [1.82, 2.24) is 0 Å². The lowest BCUT2D eigenvalue weighted by molar-refractivity contribution is -0.138. The van der Waals surface area contributed by atoms with E-state index in [4.69, 9.17) is 0 Å². The molecule has 0 amide bonds. The molecule has 0 saturated heterocycles. The summed E-state index contributed by atoms with van der Waals surface area (Å²) in [5.74, 6) is -0.333. The smallest absolute Gasteiger partial charge is 0.294 e. The minimum atomic E-state index is -4.47. The topological polar surface area (TPSA) is 17.1 Å². The maximum Gasteiger partial charge on any atom is 0.417 e. The molecule has 1 aromatic rings. The van der Waals surface area contributed by atoms with Crippen molar-refractivity contribution in [2.45, 2.75) is 45.2 Å². The van der Waals surface area contributed by atoms with Crippen LogP contribution in [0.2, 0.25) is 0 Å². The first-order valence-electron chi connectivity index (χ1n) is 6.62. The van der Waals surface area contributed by atoms with E-state index in [1.54, 1.807) is 0 Å². The fraction of sp³-hybridized carbons (Fsp3) is 0.533. The maximum atomic E-state index is 13.0. The Morgan fingerprint density at radius 3 is 2.32 bits per heavy atom. The highest BCUT2D eigenvalue weighted by atomic mass is 19.4. The Balaban J connectivity index is 2.45. The number of halogens is 3. The number of hydrogen-bond donors (Lipinski definition) is 0. The molecule has 1 aromatic carbocycles. The Hall–Kier alpha value is -1.32. The monoisotopic (exact) mass is 270 g/mol. The minimum absolute atomic E-state index is 0.168. The van der Waals surface area contributed by atoms with E-state index in [9.17, 15) is 18.0 Å². The first-order valence-corrected chi connectivity index (χ1v) is 6.62. The molecule has 19 heavy (non-hydrogen) atoms. The van der Waals surface area contributed by atoms with Crippen molar-refractivity contribution in [1.29, 1.82) is 0 Å². The molecule has 1 aliphatic carbocycles. The lowest BCUT2D eigenvalue weighted by Crippen LogP contribution is -2.29. The summed E-state index contributed by atoms with van der Waals surface area (Å²) in [7, 11) is 0. The third-order valence-corrected chi connectivity index (χ3v) is 4.20. The average Bonchev–Trinajstić information content (AvgIpc) is 2.87. The fourth-order valence-electron chi connectivity index (χ4n) is 3.01. The third kappa shape index (κ3) is 2.53. The summed E-state index contributed by atoms with van der Waals surface area (Å²) >= 11 is 0. The molecule has 0 unspecified atom stereocenters. The SMILES string of the molecule is CCC1(C(=O)c2ccccc2C(F)(F)F)CCCC1. The highest BCUT2D eigenvalue weighted by Gasteiger charge is 2.43. The van der Waals surface area contributed by atoms with Gasteiger partial charge >= 0.3 is 6.18 Å². The van der Waals surface area contributed by atoms with Gasteiger partial charge in [0.1, 0.15) is 0 Å². The van der Waals surface area contributed by atoms with Gasteiger partial charge in [-0.25, -0.2) is 0 Å². The lowest BCUT2D eigenvalue weighted by atomic mass is 9.75. The summed E-state index contributed by atoms with van der Waals surface area (Å²) in [6, 6.07) is 5.13. The van der Waals surface area contributed by atoms with Crippen molar-refractivity contribution in [2.24, 2.45) is 5.41 Å². The highest BCUT2D eigenvalue weighted by molar-refractivity contribution is 6.02. The zero-order valence-corrected chi connectivity index (χ0v) is 10.9. The number of carbonyl (C=O) groups is 1. The Labute approximate surface area is 110 Å². The minimum Gasteiger partial charge on any atom is -0.294 e. The molecule has 0 radical (unpaired) electrons. The quantitative estimate of drug-likeness (QED) is 0.717. The Morgan fingerprint density at radius 2 is 1.79 bits per heavy atom. The van der Waals surface area contributed by atoms with Gasteiger partial charge in [0.15, 0.2) is 5.78 Å². The van der Waals surface area contributed by atoms with E-state index in [0.29, 0.717) is 19.3 Å². The maximum absolute atomic E-state index is 13.0. The molecule has 0 spiro atoms. The van der Waals surface area contributed by atoms with Gasteiger partial charge in [-0.1, -0.05) is 38.0 Å².